The third kappa shape index (κ3) is 3.56. The first-order valence-electron chi connectivity index (χ1n) is 8.46. The normalized spacial score (nSPS) is 22.0. The molecule has 7 nitrogen and oxygen atoms in total. The molecule has 2 atom stereocenters. The first kappa shape index (κ1) is 17.2. The topological polar surface area (TPSA) is 98.6 Å². The number of fused-ring (bicyclic) bond motifs is 1. The maximum absolute atomic E-state index is 12.3. The Morgan fingerprint density at radius 1 is 1.52 bits per heavy atom. The third-order valence-electron chi connectivity index (χ3n) is 4.45. The summed E-state index contributed by atoms with van der Waals surface area (Å²) in [6, 6.07) is 6.17. The van der Waals surface area contributed by atoms with Crippen LogP contribution in [0.4, 0.5) is 0 Å². The van der Waals surface area contributed by atoms with Crippen LogP contribution in [-0.4, -0.2) is 25.1 Å². The van der Waals surface area contributed by atoms with Crippen molar-refractivity contribution in [2.24, 2.45) is 4.99 Å². The van der Waals surface area contributed by atoms with Crippen LogP contribution in [0.1, 0.15) is 48.7 Å². The highest BCUT2D eigenvalue weighted by Crippen LogP contribution is 2.33. The second kappa shape index (κ2) is 7.48. The lowest BCUT2D eigenvalue weighted by Gasteiger charge is -2.15. The Balaban J connectivity index is 1.74. The fourth-order valence-corrected chi connectivity index (χ4v) is 3.15. The van der Waals surface area contributed by atoms with Crippen LogP contribution in [0, 0.1) is 5.41 Å². The summed E-state index contributed by atoms with van der Waals surface area (Å²) < 4.78 is 0. The highest BCUT2D eigenvalue weighted by molar-refractivity contribution is 6.11. The summed E-state index contributed by atoms with van der Waals surface area (Å²) in [6.07, 6.45) is 4.93. The molecule has 7 heteroatoms. The Morgan fingerprint density at radius 3 is 3.04 bits per heavy atom. The molecular weight excluding hydrogens is 318 g/mol. The lowest BCUT2D eigenvalue weighted by atomic mass is 10.0. The molecule has 1 aliphatic carbocycles. The predicted molar refractivity (Wildman–Crippen MR) is 96.3 cm³/mol. The number of nitrogens with one attached hydrogen (secondary N) is 4. The van der Waals surface area contributed by atoms with Gasteiger partial charge in [-0.1, -0.05) is 25.1 Å². The van der Waals surface area contributed by atoms with Gasteiger partial charge in [-0.15, -0.1) is 5.48 Å². The van der Waals surface area contributed by atoms with Crippen molar-refractivity contribution in [2.75, 3.05) is 7.05 Å². The SMILES string of the molecule is CCC1=NC(c2ccc3c(c2)CCC3NC(=O)/C(C=N)=C/NC)NO1. The minimum atomic E-state index is -0.241. The highest BCUT2D eigenvalue weighted by Gasteiger charge is 2.27. The van der Waals surface area contributed by atoms with E-state index in [1.54, 1.807) is 7.05 Å². The Kier molecular flexibility index (Phi) is 5.14. The van der Waals surface area contributed by atoms with E-state index in [1.165, 1.54) is 11.8 Å². The molecule has 0 fully saturated rings. The van der Waals surface area contributed by atoms with Crippen molar-refractivity contribution >= 4 is 18.0 Å². The molecule has 1 heterocycles. The fraction of sp³-hybridized carbons (Fsp3) is 0.389. The van der Waals surface area contributed by atoms with Crippen LogP contribution in [-0.2, 0) is 16.1 Å². The van der Waals surface area contributed by atoms with Gasteiger partial charge in [-0.05, 0) is 29.5 Å². The van der Waals surface area contributed by atoms with Crippen molar-refractivity contribution in [3.8, 4) is 0 Å². The van der Waals surface area contributed by atoms with Crippen molar-refractivity contribution in [3.63, 3.8) is 0 Å². The molecule has 0 saturated carbocycles. The van der Waals surface area contributed by atoms with E-state index < -0.39 is 0 Å². The maximum Gasteiger partial charge on any atom is 0.254 e. The molecule has 2 unspecified atom stereocenters. The molecule has 0 aromatic heterocycles. The first-order valence-corrected chi connectivity index (χ1v) is 8.46. The van der Waals surface area contributed by atoms with Gasteiger partial charge >= 0.3 is 0 Å². The zero-order chi connectivity index (χ0) is 17.8. The number of aryl methyl sites for hydroxylation is 1. The van der Waals surface area contributed by atoms with Crippen LogP contribution in [0.25, 0.3) is 0 Å². The van der Waals surface area contributed by atoms with Crippen LogP contribution >= 0.6 is 0 Å². The fourth-order valence-electron chi connectivity index (χ4n) is 3.15. The number of benzene rings is 1. The first-order chi connectivity index (χ1) is 12.2. The van der Waals surface area contributed by atoms with Gasteiger partial charge in [0.15, 0.2) is 6.17 Å². The molecule has 0 bridgehead atoms. The summed E-state index contributed by atoms with van der Waals surface area (Å²) >= 11 is 0. The molecule has 1 aromatic carbocycles. The summed E-state index contributed by atoms with van der Waals surface area (Å²) in [5.74, 6) is 0.473. The van der Waals surface area contributed by atoms with E-state index in [0.717, 1.165) is 36.6 Å². The molecule has 4 N–H and O–H groups in total. The third-order valence-corrected chi connectivity index (χ3v) is 4.45. The van der Waals surface area contributed by atoms with Gasteiger partial charge in [-0.2, -0.15) is 0 Å². The van der Waals surface area contributed by atoms with E-state index in [-0.39, 0.29) is 18.1 Å². The van der Waals surface area contributed by atoms with Gasteiger partial charge < -0.3 is 20.9 Å². The Morgan fingerprint density at radius 2 is 2.36 bits per heavy atom. The minimum absolute atomic E-state index is 0.0285. The Labute approximate surface area is 147 Å². The van der Waals surface area contributed by atoms with Crippen molar-refractivity contribution < 1.29 is 9.63 Å². The second-order valence-electron chi connectivity index (χ2n) is 6.05. The number of nitrogens with zero attached hydrogens (tertiary/aromatic N) is 1. The van der Waals surface area contributed by atoms with Gasteiger partial charge in [0.1, 0.15) is 0 Å². The quantitative estimate of drug-likeness (QED) is 0.469. The van der Waals surface area contributed by atoms with Crippen molar-refractivity contribution in [3.05, 3.63) is 46.7 Å². The number of hydrogen-bond donors (Lipinski definition) is 4. The van der Waals surface area contributed by atoms with E-state index in [2.05, 4.69) is 33.2 Å². The van der Waals surface area contributed by atoms with Gasteiger partial charge in [0.25, 0.3) is 5.91 Å². The van der Waals surface area contributed by atoms with Gasteiger partial charge in [0.2, 0.25) is 5.90 Å². The van der Waals surface area contributed by atoms with Crippen LogP contribution in [0.15, 0.2) is 35.0 Å². The summed E-state index contributed by atoms with van der Waals surface area (Å²) in [7, 11) is 1.70. The molecule has 0 radical (unpaired) electrons. The molecule has 2 aliphatic rings. The summed E-state index contributed by atoms with van der Waals surface area (Å²) in [6.45, 7) is 2.00. The zero-order valence-electron chi connectivity index (χ0n) is 14.4. The van der Waals surface area contributed by atoms with E-state index in [9.17, 15) is 4.79 Å². The summed E-state index contributed by atoms with van der Waals surface area (Å²) in [5.41, 5.74) is 6.65. The minimum Gasteiger partial charge on any atom is -0.393 e. The van der Waals surface area contributed by atoms with Crippen molar-refractivity contribution in [1.29, 1.82) is 5.41 Å². The van der Waals surface area contributed by atoms with Crippen molar-refractivity contribution in [2.45, 2.75) is 38.4 Å². The summed E-state index contributed by atoms with van der Waals surface area (Å²) in [5, 5.41) is 13.1. The van der Waals surface area contributed by atoms with Gasteiger partial charge in [0.05, 0.1) is 11.6 Å². The Hall–Kier alpha value is -2.67. The number of hydroxylamine groups is 1. The number of amides is 1. The van der Waals surface area contributed by atoms with Crippen LogP contribution in [0.2, 0.25) is 0 Å². The monoisotopic (exact) mass is 341 g/mol. The molecule has 25 heavy (non-hydrogen) atoms. The van der Waals surface area contributed by atoms with Crippen LogP contribution in [0.5, 0.6) is 0 Å². The lowest BCUT2D eigenvalue weighted by molar-refractivity contribution is -0.117. The van der Waals surface area contributed by atoms with E-state index in [0.29, 0.717) is 11.5 Å². The van der Waals surface area contributed by atoms with Gasteiger partial charge in [-0.25, -0.2) is 4.99 Å². The number of aliphatic imine (C=N–C) groups is 1. The number of carbonyl (C=O) groups excluding carboxylic acids is 1. The van der Waals surface area contributed by atoms with Crippen LogP contribution in [0.3, 0.4) is 0 Å². The summed E-state index contributed by atoms with van der Waals surface area (Å²) in [4.78, 5) is 22.1. The number of carbonyl (C=O) groups is 1. The molecule has 3 rings (SSSR count). The Bertz CT molecular complexity index is 741. The molecule has 1 amide bonds. The smallest absolute Gasteiger partial charge is 0.254 e. The molecule has 1 aliphatic heterocycles. The number of rotatable bonds is 6. The van der Waals surface area contributed by atoms with E-state index in [4.69, 9.17) is 10.2 Å². The average molecular weight is 341 g/mol. The number of hydrogen-bond acceptors (Lipinski definition) is 6. The molecular formula is C18H23N5O2. The molecule has 1 aromatic rings. The van der Waals surface area contributed by atoms with E-state index in [1.807, 2.05) is 13.0 Å². The largest absolute Gasteiger partial charge is 0.393 e. The predicted octanol–water partition coefficient (Wildman–Crippen LogP) is 1.88. The molecule has 0 saturated heterocycles. The average Bonchev–Trinajstić information content (AvgIpc) is 3.26. The molecule has 0 spiro atoms. The van der Waals surface area contributed by atoms with Gasteiger partial charge in [-0.3, -0.25) is 4.79 Å². The van der Waals surface area contributed by atoms with Crippen LogP contribution < -0.4 is 16.1 Å². The van der Waals surface area contributed by atoms with Gasteiger partial charge in [0, 0.05) is 25.9 Å². The standard InChI is InChI=1S/C18H23N5O2/c1-3-16-22-17(23-25-16)12-4-6-14-11(8-12)5-7-15(14)21-18(24)13(9-19)10-20-2/h4,6,8-10,15,17,19-20,23H,3,5,7H2,1-2H3,(H,21,24)/b13-10+,19-9?. The maximum atomic E-state index is 12.3. The lowest BCUT2D eigenvalue weighted by Crippen LogP contribution is -2.29. The molecule has 132 valence electrons. The van der Waals surface area contributed by atoms with Crippen molar-refractivity contribution in [1.82, 2.24) is 16.1 Å². The highest BCUT2D eigenvalue weighted by atomic mass is 16.7. The van der Waals surface area contributed by atoms with E-state index >= 15 is 0 Å². The zero-order valence-corrected chi connectivity index (χ0v) is 14.4. The second-order valence-corrected chi connectivity index (χ2v) is 6.05.